The van der Waals surface area contributed by atoms with E-state index >= 15 is 0 Å². The van der Waals surface area contributed by atoms with Crippen LogP contribution < -0.4 is 5.32 Å². The number of carboxylic acids is 1. The van der Waals surface area contributed by atoms with Crippen LogP contribution in [0.3, 0.4) is 0 Å². The number of piperidine rings is 1. The fourth-order valence-corrected chi connectivity index (χ4v) is 5.81. The molecule has 3 heterocycles. The molecule has 8 heteroatoms. The van der Waals surface area contributed by atoms with E-state index in [1.165, 1.54) is 0 Å². The maximum atomic E-state index is 14.1. The van der Waals surface area contributed by atoms with Gasteiger partial charge < -0.3 is 20.5 Å². The van der Waals surface area contributed by atoms with Gasteiger partial charge in [0, 0.05) is 17.7 Å². The number of hydrogen-bond donors (Lipinski definition) is 4. The lowest BCUT2D eigenvalue weighted by Gasteiger charge is -2.35. The van der Waals surface area contributed by atoms with Gasteiger partial charge in [0.25, 0.3) is 0 Å². The summed E-state index contributed by atoms with van der Waals surface area (Å²) in [6.45, 7) is 0.985. The number of phenols is 1. The van der Waals surface area contributed by atoms with Gasteiger partial charge in [0.2, 0.25) is 0 Å². The fraction of sp³-hybridized carbons (Fsp3) is 0.212. The molecule has 0 spiro atoms. The van der Waals surface area contributed by atoms with Crippen LogP contribution >= 0.6 is 0 Å². The van der Waals surface area contributed by atoms with Gasteiger partial charge in [0.1, 0.15) is 17.0 Å². The average molecular weight is 547 g/mol. The zero-order valence-electron chi connectivity index (χ0n) is 22.4. The quantitative estimate of drug-likeness (QED) is 0.193. The first kappa shape index (κ1) is 26.4. The number of aromatic amines is 1. The van der Waals surface area contributed by atoms with Crippen molar-refractivity contribution in [3.05, 3.63) is 102 Å². The molecule has 0 bridgehead atoms. The molecular formula is C33H30N4O4. The van der Waals surface area contributed by atoms with Gasteiger partial charge in [-0.15, -0.1) is 0 Å². The minimum Gasteiger partial charge on any atom is -0.507 e. The Bertz CT molecular complexity index is 1670. The van der Waals surface area contributed by atoms with Crippen molar-refractivity contribution in [1.82, 2.24) is 20.3 Å². The van der Waals surface area contributed by atoms with E-state index in [0.29, 0.717) is 36.5 Å². The second-order valence-corrected chi connectivity index (χ2v) is 10.5. The van der Waals surface area contributed by atoms with Gasteiger partial charge in [-0.3, -0.25) is 14.6 Å². The van der Waals surface area contributed by atoms with E-state index in [4.69, 9.17) is 0 Å². The highest BCUT2D eigenvalue weighted by atomic mass is 16.4. The summed E-state index contributed by atoms with van der Waals surface area (Å²) in [6.07, 6.45) is 4.30. The van der Waals surface area contributed by atoms with Gasteiger partial charge in [-0.25, -0.2) is 4.98 Å². The third-order valence-corrected chi connectivity index (χ3v) is 8.14. The van der Waals surface area contributed by atoms with Crippen LogP contribution in [-0.2, 0) is 16.0 Å². The number of carbonyl (C=O) groups excluding carboxylic acids is 1. The highest BCUT2D eigenvalue weighted by Crippen LogP contribution is 2.40. The van der Waals surface area contributed by atoms with Gasteiger partial charge in [0.05, 0.1) is 22.8 Å². The normalized spacial score (nSPS) is 15.4. The Hall–Kier alpha value is -4.82. The third-order valence-electron chi connectivity index (χ3n) is 8.14. The smallest absolute Gasteiger partial charge is 0.317 e. The number of pyridine rings is 1. The van der Waals surface area contributed by atoms with Crippen LogP contribution in [-0.4, -0.2) is 50.0 Å². The lowest BCUT2D eigenvalue weighted by molar-refractivity contribution is -0.157. The number of nitrogens with one attached hydrogen (secondary N) is 2. The summed E-state index contributed by atoms with van der Waals surface area (Å²) >= 11 is 0. The van der Waals surface area contributed by atoms with E-state index in [1.54, 1.807) is 24.5 Å². The molecule has 5 aromatic rings. The monoisotopic (exact) mass is 546 g/mol. The van der Waals surface area contributed by atoms with E-state index < -0.39 is 17.3 Å². The van der Waals surface area contributed by atoms with Gasteiger partial charge in [-0.2, -0.15) is 0 Å². The second-order valence-electron chi connectivity index (χ2n) is 10.5. The molecule has 1 aliphatic rings. The predicted octanol–water partition coefficient (Wildman–Crippen LogP) is 5.35. The van der Waals surface area contributed by atoms with Crippen molar-refractivity contribution in [3.8, 4) is 28.3 Å². The van der Waals surface area contributed by atoms with Crippen LogP contribution in [0.15, 0.2) is 91.3 Å². The molecule has 2 aromatic heterocycles. The van der Waals surface area contributed by atoms with Crippen molar-refractivity contribution in [1.29, 1.82) is 0 Å². The number of para-hydroxylation sites is 1. The number of aromatic hydroxyl groups is 1. The first-order chi connectivity index (χ1) is 20.0. The lowest BCUT2D eigenvalue weighted by atomic mass is 9.68. The fourth-order valence-electron chi connectivity index (χ4n) is 5.81. The number of H-pyrrole nitrogens is 1. The summed E-state index contributed by atoms with van der Waals surface area (Å²) in [5.74, 6) is -1.30. The molecule has 1 aliphatic heterocycles. The molecule has 206 valence electrons. The first-order valence-electron chi connectivity index (χ1n) is 13.7. The van der Waals surface area contributed by atoms with Crippen molar-refractivity contribution in [2.45, 2.75) is 25.2 Å². The highest BCUT2D eigenvalue weighted by Gasteiger charge is 2.49. The standard InChI is InChI=1S/C33H30N4O4/c38-29-24(7-4-8-25(29)31-36-27-13-16-35-20-28(27)37-31)22-9-11-23(12-10-22)26(19-21-5-2-1-3-6-21)30(39)33(32(40)41)14-17-34-18-15-33/h1-13,16,20,26,34,38H,14-15,17-19H2,(H,36,37)(H,40,41). The lowest BCUT2D eigenvalue weighted by Crippen LogP contribution is -2.49. The van der Waals surface area contributed by atoms with E-state index in [0.717, 1.165) is 27.7 Å². The highest BCUT2D eigenvalue weighted by molar-refractivity contribution is 6.06. The zero-order chi connectivity index (χ0) is 28.4. The number of aliphatic carboxylic acids is 1. The number of carboxylic acid groups (broad SMARTS) is 1. The van der Waals surface area contributed by atoms with Gasteiger partial charge in [-0.1, -0.05) is 66.7 Å². The molecule has 6 rings (SSSR count). The molecule has 3 aromatic carbocycles. The Morgan fingerprint density at radius 3 is 2.34 bits per heavy atom. The number of carbonyl (C=O) groups is 2. The predicted molar refractivity (Wildman–Crippen MR) is 156 cm³/mol. The Kier molecular flexibility index (Phi) is 7.07. The molecule has 0 radical (unpaired) electrons. The van der Waals surface area contributed by atoms with E-state index in [9.17, 15) is 19.8 Å². The van der Waals surface area contributed by atoms with Crippen molar-refractivity contribution in [2.75, 3.05) is 13.1 Å². The number of benzene rings is 3. The molecule has 0 amide bonds. The van der Waals surface area contributed by atoms with Crippen molar-refractivity contribution in [2.24, 2.45) is 5.41 Å². The molecule has 41 heavy (non-hydrogen) atoms. The Balaban J connectivity index is 1.35. The second kappa shape index (κ2) is 11.0. The summed E-state index contributed by atoms with van der Waals surface area (Å²) in [5, 5.41) is 24.7. The summed E-state index contributed by atoms with van der Waals surface area (Å²) in [7, 11) is 0. The van der Waals surface area contributed by atoms with Crippen LogP contribution in [0.5, 0.6) is 5.75 Å². The summed E-state index contributed by atoms with van der Waals surface area (Å²) in [6, 6.07) is 24.5. The van der Waals surface area contributed by atoms with Crippen LogP contribution in [0.25, 0.3) is 33.5 Å². The molecule has 0 saturated carbocycles. The number of aromatic nitrogens is 3. The third kappa shape index (κ3) is 4.98. The number of nitrogens with zero attached hydrogens (tertiary/aromatic N) is 2. The summed E-state index contributed by atoms with van der Waals surface area (Å²) in [5.41, 5.74) is 3.79. The van der Waals surface area contributed by atoms with Crippen molar-refractivity contribution < 1.29 is 19.8 Å². The van der Waals surface area contributed by atoms with Crippen molar-refractivity contribution in [3.63, 3.8) is 0 Å². The molecule has 1 atom stereocenters. The Morgan fingerprint density at radius 2 is 1.63 bits per heavy atom. The first-order valence-corrected chi connectivity index (χ1v) is 13.7. The number of Topliss-reactive ketones (excluding diaryl/α,β-unsaturated/α-hetero) is 1. The molecule has 1 fully saturated rings. The number of imidazole rings is 1. The van der Waals surface area contributed by atoms with Crippen LogP contribution in [0.2, 0.25) is 0 Å². The molecular weight excluding hydrogens is 516 g/mol. The largest absolute Gasteiger partial charge is 0.507 e. The van der Waals surface area contributed by atoms with E-state index in [2.05, 4.69) is 20.3 Å². The van der Waals surface area contributed by atoms with Crippen LogP contribution in [0.1, 0.15) is 29.9 Å². The summed E-state index contributed by atoms with van der Waals surface area (Å²) in [4.78, 5) is 38.5. The van der Waals surface area contributed by atoms with Gasteiger partial charge in [0.15, 0.2) is 5.78 Å². The Morgan fingerprint density at radius 1 is 0.902 bits per heavy atom. The number of hydrogen-bond acceptors (Lipinski definition) is 6. The molecule has 1 unspecified atom stereocenters. The maximum Gasteiger partial charge on any atom is 0.317 e. The SMILES string of the molecule is O=C(O)C1(C(=O)C(Cc2ccccc2)c2ccc(-c3cccc(-c4nc5ccncc5[nH]4)c3O)cc2)CCNCC1. The molecule has 1 saturated heterocycles. The van der Waals surface area contributed by atoms with E-state index in [-0.39, 0.29) is 24.4 Å². The molecule has 0 aliphatic carbocycles. The topological polar surface area (TPSA) is 128 Å². The number of rotatable bonds is 8. The molecule has 8 nitrogen and oxygen atoms in total. The van der Waals surface area contributed by atoms with Crippen LogP contribution in [0.4, 0.5) is 0 Å². The maximum absolute atomic E-state index is 14.1. The minimum absolute atomic E-state index is 0.0868. The zero-order valence-corrected chi connectivity index (χ0v) is 22.4. The van der Waals surface area contributed by atoms with Gasteiger partial charge in [-0.05, 0) is 61.2 Å². The number of ketones is 1. The van der Waals surface area contributed by atoms with E-state index in [1.807, 2.05) is 66.7 Å². The average Bonchev–Trinajstić information content (AvgIpc) is 3.45. The van der Waals surface area contributed by atoms with Crippen molar-refractivity contribution >= 4 is 22.8 Å². The van der Waals surface area contributed by atoms with Crippen LogP contribution in [0, 0.1) is 5.41 Å². The van der Waals surface area contributed by atoms with Gasteiger partial charge >= 0.3 is 5.97 Å². The number of fused-ring (bicyclic) bond motifs is 1. The minimum atomic E-state index is -1.42. The summed E-state index contributed by atoms with van der Waals surface area (Å²) < 4.78 is 0. The Labute approximate surface area is 237 Å². The molecule has 4 N–H and O–H groups in total. The number of phenolic OH excluding ortho intramolecular Hbond substituents is 1.